The second kappa shape index (κ2) is 11.0. The second-order valence-corrected chi connectivity index (χ2v) is 10.1. The molecule has 1 unspecified atom stereocenters. The van der Waals surface area contributed by atoms with Gasteiger partial charge in [0.15, 0.2) is 0 Å². The standard InChI is InChI=1S/C29H35NO5/c1-5-30(28(34)35-29(2,3)4)25(27(32)33)20-23(26(30)31)18-12-13-19-24(21-14-8-6-9-15-21)22-16-10-7-11-17-22/h6-11,14-18,24-25H,5,12-13,19-20H2,1-4H3/p+1/b23-18+/t25-,30?/m0/s1. The van der Waals surface area contributed by atoms with Crippen LogP contribution >= 0.6 is 0 Å². The minimum Gasteiger partial charge on any atom is -0.477 e. The molecular formula is C29H36NO5+. The average molecular weight is 479 g/mol. The van der Waals surface area contributed by atoms with E-state index in [4.69, 9.17) is 4.74 Å². The van der Waals surface area contributed by atoms with Crippen molar-refractivity contribution >= 4 is 18.0 Å². The lowest BCUT2D eigenvalue weighted by Crippen LogP contribution is -2.62. The lowest BCUT2D eigenvalue weighted by atomic mass is 9.87. The highest BCUT2D eigenvalue weighted by atomic mass is 16.6. The third-order valence-electron chi connectivity index (χ3n) is 6.58. The van der Waals surface area contributed by atoms with Crippen molar-refractivity contribution in [3.63, 3.8) is 0 Å². The molecule has 35 heavy (non-hydrogen) atoms. The van der Waals surface area contributed by atoms with Crippen molar-refractivity contribution < 1.29 is 28.7 Å². The first kappa shape index (κ1) is 26.4. The van der Waals surface area contributed by atoms with Crippen LogP contribution in [0.4, 0.5) is 4.79 Å². The van der Waals surface area contributed by atoms with Gasteiger partial charge in [-0.25, -0.2) is 9.59 Å². The number of carbonyl (C=O) groups is 3. The molecule has 6 heteroatoms. The Labute approximate surface area is 207 Å². The molecule has 1 aliphatic rings. The Morgan fingerprint density at radius 1 is 1.06 bits per heavy atom. The molecular weight excluding hydrogens is 442 g/mol. The highest BCUT2D eigenvalue weighted by Gasteiger charge is 2.62. The number of carboxylic acid groups (broad SMARTS) is 1. The number of carbonyl (C=O) groups excluding carboxylic acids is 2. The van der Waals surface area contributed by atoms with E-state index >= 15 is 0 Å². The molecule has 186 valence electrons. The van der Waals surface area contributed by atoms with Crippen LogP contribution in [0.2, 0.25) is 0 Å². The van der Waals surface area contributed by atoms with Crippen molar-refractivity contribution in [2.75, 3.05) is 6.54 Å². The third kappa shape index (κ3) is 5.88. The zero-order chi connectivity index (χ0) is 25.6. The number of rotatable bonds is 8. The third-order valence-corrected chi connectivity index (χ3v) is 6.58. The summed E-state index contributed by atoms with van der Waals surface area (Å²) >= 11 is 0. The summed E-state index contributed by atoms with van der Waals surface area (Å²) in [4.78, 5) is 38.5. The van der Waals surface area contributed by atoms with Crippen LogP contribution in [0.5, 0.6) is 0 Å². The number of aliphatic carboxylic acids is 1. The molecule has 2 aromatic rings. The van der Waals surface area contributed by atoms with Crippen LogP contribution in [0.25, 0.3) is 0 Å². The van der Waals surface area contributed by atoms with Gasteiger partial charge >= 0.3 is 18.0 Å². The molecule has 0 bridgehead atoms. The molecule has 1 heterocycles. The van der Waals surface area contributed by atoms with Crippen LogP contribution in [0.15, 0.2) is 72.3 Å². The van der Waals surface area contributed by atoms with Crippen LogP contribution in [-0.4, -0.2) is 45.7 Å². The smallest absolute Gasteiger partial charge is 0.477 e. The normalized spacial score (nSPS) is 21.5. The van der Waals surface area contributed by atoms with Gasteiger partial charge in [0.1, 0.15) is 5.60 Å². The number of ether oxygens (including phenoxy) is 1. The highest BCUT2D eigenvalue weighted by molar-refractivity contribution is 5.99. The molecule has 2 aromatic carbocycles. The maximum absolute atomic E-state index is 13.4. The molecule has 6 nitrogen and oxygen atoms in total. The summed E-state index contributed by atoms with van der Waals surface area (Å²) in [6.07, 6.45) is 3.39. The van der Waals surface area contributed by atoms with E-state index in [1.165, 1.54) is 11.1 Å². The van der Waals surface area contributed by atoms with Gasteiger partial charge in [-0.3, -0.25) is 0 Å². The molecule has 0 radical (unpaired) electrons. The maximum atomic E-state index is 13.4. The summed E-state index contributed by atoms with van der Waals surface area (Å²) in [6, 6.07) is 19.5. The van der Waals surface area contributed by atoms with E-state index in [0.29, 0.717) is 12.0 Å². The van der Waals surface area contributed by atoms with Crippen LogP contribution in [-0.2, 0) is 14.3 Å². The number of nitrogens with zero attached hydrogens (tertiary/aromatic N) is 1. The lowest BCUT2D eigenvalue weighted by Gasteiger charge is -2.32. The summed E-state index contributed by atoms with van der Waals surface area (Å²) in [5, 5.41) is 9.86. The number of hydrogen-bond donors (Lipinski definition) is 1. The predicted octanol–water partition coefficient (Wildman–Crippen LogP) is 6.07. The number of unbranched alkanes of at least 4 members (excludes halogenated alkanes) is 1. The van der Waals surface area contributed by atoms with Gasteiger partial charge < -0.3 is 9.84 Å². The fourth-order valence-corrected chi connectivity index (χ4v) is 4.84. The van der Waals surface area contributed by atoms with E-state index in [9.17, 15) is 19.5 Å². The largest absolute Gasteiger partial charge is 0.525 e. The van der Waals surface area contributed by atoms with Crippen molar-refractivity contribution in [3.05, 3.63) is 83.4 Å². The number of imide groups is 1. The first-order valence-corrected chi connectivity index (χ1v) is 12.3. The molecule has 2 atom stereocenters. The number of amides is 2. The Balaban J connectivity index is 1.77. The molecule has 0 saturated carbocycles. The fourth-order valence-electron chi connectivity index (χ4n) is 4.84. The Morgan fingerprint density at radius 3 is 2.06 bits per heavy atom. The van der Waals surface area contributed by atoms with Gasteiger partial charge in [0.05, 0.1) is 12.1 Å². The lowest BCUT2D eigenvalue weighted by molar-refractivity contribution is -0.789. The van der Waals surface area contributed by atoms with Gasteiger partial charge in [-0.05, 0) is 58.1 Å². The zero-order valence-corrected chi connectivity index (χ0v) is 21.1. The van der Waals surface area contributed by atoms with E-state index in [1.807, 2.05) is 42.5 Å². The summed E-state index contributed by atoms with van der Waals surface area (Å²) in [7, 11) is 0. The Kier molecular flexibility index (Phi) is 8.28. The monoisotopic (exact) mass is 478 g/mol. The maximum Gasteiger partial charge on any atom is 0.525 e. The Morgan fingerprint density at radius 2 is 1.60 bits per heavy atom. The number of quaternary nitrogens is 1. The Hall–Kier alpha value is -3.25. The second-order valence-electron chi connectivity index (χ2n) is 10.1. The first-order valence-electron chi connectivity index (χ1n) is 12.3. The zero-order valence-electron chi connectivity index (χ0n) is 21.1. The molecule has 3 rings (SSSR count). The van der Waals surface area contributed by atoms with Crippen LogP contribution in [0.3, 0.4) is 0 Å². The van der Waals surface area contributed by atoms with Crippen molar-refractivity contribution in [1.82, 2.24) is 0 Å². The van der Waals surface area contributed by atoms with Gasteiger partial charge in [-0.1, -0.05) is 66.7 Å². The number of benzene rings is 2. The van der Waals surface area contributed by atoms with E-state index in [1.54, 1.807) is 27.7 Å². The van der Waals surface area contributed by atoms with Crippen LogP contribution in [0, 0.1) is 0 Å². The molecule has 0 aliphatic carbocycles. The minimum absolute atomic E-state index is 0.0298. The molecule has 0 spiro atoms. The topological polar surface area (TPSA) is 80.7 Å². The van der Waals surface area contributed by atoms with Gasteiger partial charge in [-0.15, -0.1) is 4.48 Å². The van der Waals surface area contributed by atoms with Crippen LogP contribution < -0.4 is 0 Å². The number of carboxylic acids is 1. The molecule has 1 fully saturated rings. The van der Waals surface area contributed by atoms with E-state index < -0.39 is 34.1 Å². The Bertz CT molecular complexity index is 1030. The van der Waals surface area contributed by atoms with Crippen molar-refractivity contribution in [2.45, 2.75) is 70.9 Å². The predicted molar refractivity (Wildman–Crippen MR) is 135 cm³/mol. The van der Waals surface area contributed by atoms with Crippen molar-refractivity contribution in [3.8, 4) is 0 Å². The van der Waals surface area contributed by atoms with E-state index in [0.717, 1.165) is 12.8 Å². The summed E-state index contributed by atoms with van der Waals surface area (Å²) in [6.45, 7) is 6.82. The van der Waals surface area contributed by atoms with E-state index in [-0.39, 0.29) is 18.9 Å². The number of likely N-dealkylation sites (N-methyl/N-ethyl adjacent to an activating group) is 1. The van der Waals surface area contributed by atoms with E-state index in [2.05, 4.69) is 24.3 Å². The van der Waals surface area contributed by atoms with Crippen molar-refractivity contribution in [1.29, 1.82) is 0 Å². The first-order chi connectivity index (χ1) is 16.6. The summed E-state index contributed by atoms with van der Waals surface area (Å²) < 4.78 is 4.67. The average Bonchev–Trinajstić information content (AvgIpc) is 3.12. The SMILES string of the molecule is CC[N+]1(C(=O)OC(C)(C)C)C(=O)/C(=C/CCCC(c2ccccc2)c2ccccc2)C[C@H]1C(=O)O. The van der Waals surface area contributed by atoms with Crippen molar-refractivity contribution in [2.24, 2.45) is 0 Å². The summed E-state index contributed by atoms with van der Waals surface area (Å²) in [5.41, 5.74) is 2.06. The molecule has 1 N–H and O–H groups in total. The van der Waals surface area contributed by atoms with Crippen LogP contribution in [0.1, 0.15) is 70.4 Å². The van der Waals surface area contributed by atoms with Gasteiger partial charge in [0, 0.05) is 12.3 Å². The molecule has 1 saturated heterocycles. The van der Waals surface area contributed by atoms with Gasteiger partial charge in [0.2, 0.25) is 6.04 Å². The van der Waals surface area contributed by atoms with Gasteiger partial charge in [-0.2, -0.15) is 4.79 Å². The molecule has 2 amide bonds. The number of hydrogen-bond acceptors (Lipinski definition) is 4. The highest BCUT2D eigenvalue weighted by Crippen LogP contribution is 2.36. The fraction of sp³-hybridized carbons (Fsp3) is 0.414. The minimum atomic E-state index is -1.17. The van der Waals surface area contributed by atoms with Gasteiger partial charge in [0.25, 0.3) is 0 Å². The molecule has 1 aliphatic heterocycles. The molecule has 0 aromatic heterocycles. The number of allylic oxidation sites excluding steroid dienone is 1. The quantitative estimate of drug-likeness (QED) is 0.283. The number of likely N-dealkylation sites (tertiary alicyclic amines) is 1. The summed E-state index contributed by atoms with van der Waals surface area (Å²) in [5.74, 6) is -1.39.